The fourth-order valence-corrected chi connectivity index (χ4v) is 2.84. The van der Waals surface area contributed by atoms with Gasteiger partial charge in [-0.2, -0.15) is 0 Å². The van der Waals surface area contributed by atoms with Gasteiger partial charge in [-0.05, 0) is 51.8 Å². The quantitative estimate of drug-likeness (QED) is 0.723. The smallest absolute Gasteiger partial charge is 0.261 e. The standard InChI is InChI=1S/C23H30N2O3/c1-17(2)24-23(27)19(4)25(15-14-20-8-6-5-7-9-20)22(26)16-28-21-12-10-18(3)11-13-21/h5-13,17,19H,14-16H2,1-4H3,(H,24,27). The fourth-order valence-electron chi connectivity index (χ4n) is 2.84. The van der Waals surface area contributed by atoms with Crippen LogP contribution in [0.2, 0.25) is 0 Å². The zero-order valence-electron chi connectivity index (χ0n) is 17.1. The van der Waals surface area contributed by atoms with Crippen molar-refractivity contribution in [3.8, 4) is 5.75 Å². The number of ether oxygens (including phenoxy) is 1. The Balaban J connectivity index is 2.05. The molecule has 2 aromatic rings. The molecule has 0 fully saturated rings. The van der Waals surface area contributed by atoms with Gasteiger partial charge in [0.25, 0.3) is 5.91 Å². The van der Waals surface area contributed by atoms with Crippen LogP contribution >= 0.6 is 0 Å². The van der Waals surface area contributed by atoms with Gasteiger partial charge >= 0.3 is 0 Å². The predicted molar refractivity (Wildman–Crippen MR) is 111 cm³/mol. The Morgan fingerprint density at radius 2 is 1.64 bits per heavy atom. The van der Waals surface area contributed by atoms with Crippen molar-refractivity contribution < 1.29 is 14.3 Å². The van der Waals surface area contributed by atoms with Crippen molar-refractivity contribution >= 4 is 11.8 Å². The highest BCUT2D eigenvalue weighted by atomic mass is 16.5. The third-order valence-corrected chi connectivity index (χ3v) is 4.47. The second-order valence-electron chi connectivity index (χ2n) is 7.26. The van der Waals surface area contributed by atoms with E-state index in [-0.39, 0.29) is 24.5 Å². The SMILES string of the molecule is Cc1ccc(OCC(=O)N(CCc2ccccc2)C(C)C(=O)NC(C)C)cc1. The second kappa shape index (κ2) is 10.5. The number of carbonyl (C=O) groups is 2. The number of hydrogen-bond acceptors (Lipinski definition) is 3. The minimum absolute atomic E-state index is 0.0184. The molecule has 150 valence electrons. The van der Waals surface area contributed by atoms with Crippen molar-refractivity contribution in [1.29, 1.82) is 0 Å². The Hall–Kier alpha value is -2.82. The van der Waals surface area contributed by atoms with Crippen molar-refractivity contribution in [3.05, 3.63) is 65.7 Å². The molecular formula is C23H30N2O3. The number of aryl methyl sites for hydroxylation is 1. The molecule has 0 bridgehead atoms. The van der Waals surface area contributed by atoms with Crippen molar-refractivity contribution in [2.45, 2.75) is 46.2 Å². The molecular weight excluding hydrogens is 352 g/mol. The largest absolute Gasteiger partial charge is 0.484 e. The van der Waals surface area contributed by atoms with Crippen LogP contribution in [-0.2, 0) is 16.0 Å². The van der Waals surface area contributed by atoms with E-state index >= 15 is 0 Å². The average Bonchev–Trinajstić information content (AvgIpc) is 2.67. The average molecular weight is 383 g/mol. The third-order valence-electron chi connectivity index (χ3n) is 4.47. The number of hydrogen-bond donors (Lipinski definition) is 1. The lowest BCUT2D eigenvalue weighted by Crippen LogP contribution is -2.51. The zero-order chi connectivity index (χ0) is 20.5. The Morgan fingerprint density at radius 1 is 1.00 bits per heavy atom. The molecule has 28 heavy (non-hydrogen) atoms. The normalized spacial score (nSPS) is 11.8. The number of carbonyl (C=O) groups excluding carboxylic acids is 2. The van der Waals surface area contributed by atoms with E-state index in [1.54, 1.807) is 11.8 Å². The lowest BCUT2D eigenvalue weighted by molar-refractivity contribution is -0.141. The number of nitrogens with one attached hydrogen (secondary N) is 1. The van der Waals surface area contributed by atoms with Gasteiger partial charge in [0.1, 0.15) is 11.8 Å². The van der Waals surface area contributed by atoms with Gasteiger partial charge in [-0.15, -0.1) is 0 Å². The molecule has 0 heterocycles. The fraction of sp³-hybridized carbons (Fsp3) is 0.391. The van der Waals surface area contributed by atoms with Gasteiger partial charge in [0, 0.05) is 12.6 Å². The summed E-state index contributed by atoms with van der Waals surface area (Å²) in [7, 11) is 0. The van der Waals surface area contributed by atoms with Gasteiger partial charge in [0.15, 0.2) is 6.61 Å². The first kappa shape index (κ1) is 21.5. The number of benzene rings is 2. The van der Waals surface area contributed by atoms with E-state index in [4.69, 9.17) is 4.74 Å². The van der Waals surface area contributed by atoms with E-state index in [1.165, 1.54) is 0 Å². The first-order valence-electron chi connectivity index (χ1n) is 9.70. The first-order valence-corrected chi connectivity index (χ1v) is 9.70. The summed E-state index contributed by atoms with van der Waals surface area (Å²) in [6, 6.07) is 16.9. The second-order valence-corrected chi connectivity index (χ2v) is 7.26. The van der Waals surface area contributed by atoms with E-state index in [0.29, 0.717) is 18.7 Å². The molecule has 5 heteroatoms. The van der Waals surface area contributed by atoms with Gasteiger partial charge in [-0.25, -0.2) is 0 Å². The molecule has 2 aromatic carbocycles. The number of nitrogens with zero attached hydrogens (tertiary/aromatic N) is 1. The van der Waals surface area contributed by atoms with Crippen LogP contribution in [0.25, 0.3) is 0 Å². The molecule has 0 saturated heterocycles. The molecule has 0 saturated carbocycles. The maximum absolute atomic E-state index is 12.9. The number of amides is 2. The summed E-state index contributed by atoms with van der Waals surface area (Å²) < 4.78 is 5.64. The van der Waals surface area contributed by atoms with Crippen molar-refractivity contribution in [3.63, 3.8) is 0 Å². The molecule has 0 spiro atoms. The monoisotopic (exact) mass is 382 g/mol. The minimum Gasteiger partial charge on any atom is -0.484 e. The highest BCUT2D eigenvalue weighted by Crippen LogP contribution is 2.12. The third kappa shape index (κ3) is 6.72. The molecule has 0 radical (unpaired) electrons. The van der Waals surface area contributed by atoms with Crippen LogP contribution in [0.15, 0.2) is 54.6 Å². The lowest BCUT2D eigenvalue weighted by atomic mass is 10.1. The van der Waals surface area contributed by atoms with Crippen LogP contribution in [0.5, 0.6) is 5.75 Å². The van der Waals surface area contributed by atoms with Gasteiger partial charge < -0.3 is 15.0 Å². The Bertz CT molecular complexity index is 757. The summed E-state index contributed by atoms with van der Waals surface area (Å²) in [6.07, 6.45) is 0.677. The van der Waals surface area contributed by atoms with Crippen LogP contribution in [0.1, 0.15) is 31.9 Å². The summed E-state index contributed by atoms with van der Waals surface area (Å²) in [5, 5.41) is 2.88. The highest BCUT2D eigenvalue weighted by Gasteiger charge is 2.26. The van der Waals surface area contributed by atoms with E-state index in [0.717, 1.165) is 11.1 Å². The van der Waals surface area contributed by atoms with Crippen LogP contribution < -0.4 is 10.1 Å². The predicted octanol–water partition coefficient (Wildman–Crippen LogP) is 3.36. The van der Waals surface area contributed by atoms with Gasteiger partial charge in [0.05, 0.1) is 0 Å². The summed E-state index contributed by atoms with van der Waals surface area (Å²) in [5.74, 6) is 0.274. The van der Waals surface area contributed by atoms with Crippen LogP contribution in [0.3, 0.4) is 0 Å². The molecule has 0 aromatic heterocycles. The molecule has 1 unspecified atom stereocenters. The maximum atomic E-state index is 12.9. The van der Waals surface area contributed by atoms with E-state index in [2.05, 4.69) is 5.32 Å². The first-order chi connectivity index (χ1) is 13.4. The Labute approximate surface area is 167 Å². The number of rotatable bonds is 9. The van der Waals surface area contributed by atoms with Crippen molar-refractivity contribution in [2.75, 3.05) is 13.2 Å². The summed E-state index contributed by atoms with van der Waals surface area (Å²) in [4.78, 5) is 26.9. The molecule has 0 aliphatic carbocycles. The van der Waals surface area contributed by atoms with E-state index < -0.39 is 6.04 Å². The maximum Gasteiger partial charge on any atom is 0.261 e. The van der Waals surface area contributed by atoms with Gasteiger partial charge in [-0.1, -0.05) is 48.0 Å². The molecule has 2 amide bonds. The summed E-state index contributed by atoms with van der Waals surface area (Å²) >= 11 is 0. The molecule has 1 N–H and O–H groups in total. The Kier molecular flexibility index (Phi) is 8.05. The summed E-state index contributed by atoms with van der Waals surface area (Å²) in [5.41, 5.74) is 2.25. The van der Waals surface area contributed by atoms with E-state index in [1.807, 2.05) is 75.4 Å². The molecule has 0 aliphatic rings. The van der Waals surface area contributed by atoms with E-state index in [9.17, 15) is 9.59 Å². The molecule has 5 nitrogen and oxygen atoms in total. The summed E-state index contributed by atoms with van der Waals surface area (Å²) in [6.45, 7) is 7.91. The zero-order valence-corrected chi connectivity index (χ0v) is 17.1. The van der Waals surface area contributed by atoms with Gasteiger partial charge in [0.2, 0.25) is 5.91 Å². The molecule has 0 aliphatic heterocycles. The molecule has 2 rings (SSSR count). The topological polar surface area (TPSA) is 58.6 Å². The van der Waals surface area contributed by atoms with Crippen LogP contribution in [-0.4, -0.2) is 41.9 Å². The molecule has 1 atom stereocenters. The Morgan fingerprint density at radius 3 is 2.25 bits per heavy atom. The van der Waals surface area contributed by atoms with Crippen LogP contribution in [0, 0.1) is 6.92 Å². The minimum atomic E-state index is -0.569. The van der Waals surface area contributed by atoms with Crippen LogP contribution in [0.4, 0.5) is 0 Å². The van der Waals surface area contributed by atoms with Gasteiger partial charge in [-0.3, -0.25) is 9.59 Å². The lowest BCUT2D eigenvalue weighted by Gasteiger charge is -2.29. The van der Waals surface area contributed by atoms with Crippen molar-refractivity contribution in [1.82, 2.24) is 10.2 Å². The van der Waals surface area contributed by atoms with Crippen molar-refractivity contribution in [2.24, 2.45) is 0 Å². The highest BCUT2D eigenvalue weighted by molar-refractivity contribution is 5.88.